The molecule has 1 N–H and O–H groups in total. The van der Waals surface area contributed by atoms with Gasteiger partial charge in [-0.05, 0) is 18.9 Å². The molecule has 1 fully saturated rings. The average Bonchev–Trinajstić information content (AvgIpc) is 2.37. The van der Waals surface area contributed by atoms with Crippen LogP contribution in [0, 0.1) is 0 Å². The Morgan fingerprint density at radius 2 is 2.11 bits per heavy atom. The van der Waals surface area contributed by atoms with E-state index in [0.717, 1.165) is 30.9 Å². The molecular weight excluding hydrogens is 230 g/mol. The van der Waals surface area contributed by atoms with E-state index < -0.39 is 0 Å². The van der Waals surface area contributed by atoms with E-state index in [1.54, 1.807) is 7.11 Å². The molecule has 18 heavy (non-hydrogen) atoms. The van der Waals surface area contributed by atoms with Gasteiger partial charge in [-0.3, -0.25) is 0 Å². The molecule has 0 spiro atoms. The predicted molar refractivity (Wildman–Crippen MR) is 68.1 cm³/mol. The van der Waals surface area contributed by atoms with Gasteiger partial charge >= 0.3 is 0 Å². The lowest BCUT2D eigenvalue weighted by Gasteiger charge is -2.35. The fourth-order valence-corrected chi connectivity index (χ4v) is 2.45. The van der Waals surface area contributed by atoms with Crippen LogP contribution in [0.15, 0.2) is 18.2 Å². The number of rotatable bonds is 4. The molecule has 4 heteroatoms. The van der Waals surface area contributed by atoms with E-state index in [4.69, 9.17) is 14.2 Å². The Morgan fingerprint density at radius 1 is 1.28 bits per heavy atom. The van der Waals surface area contributed by atoms with Crippen molar-refractivity contribution < 1.29 is 14.2 Å². The van der Waals surface area contributed by atoms with E-state index in [1.165, 1.54) is 5.56 Å². The summed E-state index contributed by atoms with van der Waals surface area (Å²) in [6.07, 6.45) is 2.64. The Balaban J connectivity index is 1.59. The molecule has 1 aliphatic carbocycles. The molecule has 1 aromatic carbocycles. The van der Waals surface area contributed by atoms with E-state index in [9.17, 15) is 0 Å². The van der Waals surface area contributed by atoms with E-state index in [1.807, 2.05) is 12.1 Å². The summed E-state index contributed by atoms with van der Waals surface area (Å²) >= 11 is 0. The largest absolute Gasteiger partial charge is 0.486 e. The summed E-state index contributed by atoms with van der Waals surface area (Å²) < 4.78 is 16.5. The Bertz CT molecular complexity index is 416. The van der Waals surface area contributed by atoms with Gasteiger partial charge in [0.05, 0.1) is 6.10 Å². The number of ether oxygens (including phenoxy) is 3. The van der Waals surface area contributed by atoms with Crippen molar-refractivity contribution in [3.8, 4) is 11.5 Å². The summed E-state index contributed by atoms with van der Waals surface area (Å²) in [5.74, 6) is 1.77. The fraction of sp³-hybridized carbons (Fsp3) is 0.571. The molecule has 0 radical (unpaired) electrons. The van der Waals surface area contributed by atoms with Crippen LogP contribution in [-0.4, -0.2) is 32.5 Å². The predicted octanol–water partition coefficient (Wildman–Crippen LogP) is 1.72. The standard InChI is InChI=1S/C14H19NO3/c1-16-12-7-11(8-12)15-9-10-3-2-4-13-14(10)18-6-5-17-13/h2-4,11-12,15H,5-9H2,1H3. The summed E-state index contributed by atoms with van der Waals surface area (Å²) in [4.78, 5) is 0. The van der Waals surface area contributed by atoms with Crippen molar-refractivity contribution >= 4 is 0 Å². The Hall–Kier alpha value is -1.26. The number of methoxy groups -OCH3 is 1. The molecule has 3 rings (SSSR count). The quantitative estimate of drug-likeness (QED) is 0.882. The lowest BCUT2D eigenvalue weighted by molar-refractivity contribution is 0.0169. The van der Waals surface area contributed by atoms with Crippen LogP contribution in [0.2, 0.25) is 0 Å². The van der Waals surface area contributed by atoms with Crippen molar-refractivity contribution in [2.75, 3.05) is 20.3 Å². The number of benzene rings is 1. The van der Waals surface area contributed by atoms with Gasteiger partial charge in [0.1, 0.15) is 13.2 Å². The maximum Gasteiger partial charge on any atom is 0.165 e. The summed E-state index contributed by atoms with van der Waals surface area (Å²) in [5, 5.41) is 3.53. The highest BCUT2D eigenvalue weighted by molar-refractivity contribution is 5.47. The van der Waals surface area contributed by atoms with Crippen LogP contribution in [0.25, 0.3) is 0 Å². The maximum atomic E-state index is 5.69. The van der Waals surface area contributed by atoms with Gasteiger partial charge in [0.15, 0.2) is 11.5 Å². The van der Waals surface area contributed by atoms with E-state index in [2.05, 4.69) is 11.4 Å². The number of nitrogens with one attached hydrogen (secondary N) is 1. The van der Waals surface area contributed by atoms with Crippen molar-refractivity contribution in [1.29, 1.82) is 0 Å². The van der Waals surface area contributed by atoms with Gasteiger partial charge in [-0.15, -0.1) is 0 Å². The average molecular weight is 249 g/mol. The normalized spacial score (nSPS) is 25.6. The van der Waals surface area contributed by atoms with Crippen LogP contribution >= 0.6 is 0 Å². The van der Waals surface area contributed by atoms with Gasteiger partial charge < -0.3 is 19.5 Å². The van der Waals surface area contributed by atoms with E-state index in [-0.39, 0.29) is 0 Å². The number of hydrogen-bond acceptors (Lipinski definition) is 4. The van der Waals surface area contributed by atoms with Gasteiger partial charge in [-0.2, -0.15) is 0 Å². The third-order valence-electron chi connectivity index (χ3n) is 3.66. The Kier molecular flexibility index (Phi) is 3.39. The highest BCUT2D eigenvalue weighted by atomic mass is 16.6. The minimum atomic E-state index is 0.437. The minimum Gasteiger partial charge on any atom is -0.486 e. The zero-order chi connectivity index (χ0) is 12.4. The third kappa shape index (κ3) is 2.31. The summed E-state index contributed by atoms with van der Waals surface area (Å²) in [6.45, 7) is 2.11. The van der Waals surface area contributed by atoms with Crippen LogP contribution in [0.1, 0.15) is 18.4 Å². The zero-order valence-corrected chi connectivity index (χ0v) is 10.6. The molecule has 1 heterocycles. The fourth-order valence-electron chi connectivity index (χ4n) is 2.45. The first kappa shape index (κ1) is 11.8. The molecular formula is C14H19NO3. The van der Waals surface area contributed by atoms with Gasteiger partial charge in [-0.1, -0.05) is 12.1 Å². The van der Waals surface area contributed by atoms with E-state index in [0.29, 0.717) is 25.4 Å². The topological polar surface area (TPSA) is 39.7 Å². The first-order valence-corrected chi connectivity index (χ1v) is 6.50. The molecule has 1 saturated carbocycles. The molecule has 0 amide bonds. The smallest absolute Gasteiger partial charge is 0.165 e. The number of hydrogen-bond donors (Lipinski definition) is 1. The minimum absolute atomic E-state index is 0.437. The van der Waals surface area contributed by atoms with Crippen molar-refractivity contribution in [3.05, 3.63) is 23.8 Å². The van der Waals surface area contributed by atoms with E-state index >= 15 is 0 Å². The lowest BCUT2D eigenvalue weighted by Crippen LogP contribution is -2.44. The summed E-state index contributed by atoms with van der Waals surface area (Å²) in [7, 11) is 1.78. The number of para-hydroxylation sites is 1. The van der Waals surface area contributed by atoms with Crippen molar-refractivity contribution in [1.82, 2.24) is 5.32 Å². The summed E-state index contributed by atoms with van der Waals surface area (Å²) in [5.41, 5.74) is 1.17. The second-order valence-corrected chi connectivity index (χ2v) is 4.85. The lowest BCUT2D eigenvalue weighted by atomic mass is 9.89. The zero-order valence-electron chi connectivity index (χ0n) is 10.6. The first-order valence-electron chi connectivity index (χ1n) is 6.50. The monoisotopic (exact) mass is 249 g/mol. The van der Waals surface area contributed by atoms with Crippen LogP contribution in [0.5, 0.6) is 11.5 Å². The second kappa shape index (κ2) is 5.16. The molecule has 0 unspecified atom stereocenters. The maximum absolute atomic E-state index is 5.69. The van der Waals surface area contributed by atoms with Crippen LogP contribution < -0.4 is 14.8 Å². The molecule has 0 bridgehead atoms. The Labute approximate surface area is 107 Å². The summed E-state index contributed by atoms with van der Waals surface area (Å²) in [6, 6.07) is 6.63. The van der Waals surface area contributed by atoms with Crippen LogP contribution in [0.3, 0.4) is 0 Å². The molecule has 4 nitrogen and oxygen atoms in total. The van der Waals surface area contributed by atoms with Crippen molar-refractivity contribution in [3.63, 3.8) is 0 Å². The molecule has 1 aromatic rings. The molecule has 2 aliphatic rings. The molecule has 0 atom stereocenters. The Morgan fingerprint density at radius 3 is 2.94 bits per heavy atom. The number of fused-ring (bicyclic) bond motifs is 1. The molecule has 1 aliphatic heterocycles. The van der Waals surface area contributed by atoms with Crippen LogP contribution in [-0.2, 0) is 11.3 Å². The third-order valence-corrected chi connectivity index (χ3v) is 3.66. The van der Waals surface area contributed by atoms with Crippen LogP contribution in [0.4, 0.5) is 0 Å². The highest BCUT2D eigenvalue weighted by Gasteiger charge is 2.28. The van der Waals surface area contributed by atoms with Gasteiger partial charge in [0, 0.05) is 25.3 Å². The van der Waals surface area contributed by atoms with Gasteiger partial charge in [0.2, 0.25) is 0 Å². The van der Waals surface area contributed by atoms with Crippen molar-refractivity contribution in [2.24, 2.45) is 0 Å². The molecule has 98 valence electrons. The highest BCUT2D eigenvalue weighted by Crippen LogP contribution is 2.34. The van der Waals surface area contributed by atoms with Gasteiger partial charge in [0.25, 0.3) is 0 Å². The second-order valence-electron chi connectivity index (χ2n) is 4.85. The SMILES string of the molecule is COC1CC(NCc2cccc3c2OCCO3)C1. The first-order chi connectivity index (χ1) is 8.86. The molecule has 0 aromatic heterocycles. The van der Waals surface area contributed by atoms with Gasteiger partial charge in [-0.25, -0.2) is 0 Å². The molecule has 0 saturated heterocycles. The van der Waals surface area contributed by atoms with Crippen molar-refractivity contribution in [2.45, 2.75) is 31.5 Å².